The summed E-state index contributed by atoms with van der Waals surface area (Å²) in [5.74, 6) is 0.612. The van der Waals surface area contributed by atoms with E-state index in [4.69, 9.17) is 4.74 Å². The summed E-state index contributed by atoms with van der Waals surface area (Å²) in [7, 11) is 0. The smallest absolute Gasteiger partial charge is 0.233 e. The highest BCUT2D eigenvalue weighted by atomic mass is 32.1. The maximum Gasteiger partial charge on any atom is 0.233 e. The van der Waals surface area contributed by atoms with E-state index in [1.165, 1.54) is 11.3 Å². The molecule has 140 valence electrons. The number of carbonyl (C=O) groups excluding carboxylic acids is 1. The lowest BCUT2D eigenvalue weighted by Crippen LogP contribution is -2.32. The molecule has 1 amide bonds. The van der Waals surface area contributed by atoms with E-state index in [9.17, 15) is 4.79 Å². The maximum absolute atomic E-state index is 12.7. The zero-order valence-electron chi connectivity index (χ0n) is 15.4. The molecule has 0 radical (unpaired) electrons. The number of fused-ring (bicyclic) bond motifs is 2. The Hall–Kier alpha value is -3.12. The average molecular weight is 389 g/mol. The molecular formula is C22H19N3O2S. The minimum Gasteiger partial charge on any atom is -0.492 e. The van der Waals surface area contributed by atoms with Gasteiger partial charge in [0.15, 0.2) is 5.13 Å². The molecule has 1 unspecified atom stereocenters. The van der Waals surface area contributed by atoms with Crippen LogP contribution < -0.4 is 10.1 Å². The molecule has 1 aliphatic rings. The zero-order valence-corrected chi connectivity index (χ0v) is 16.2. The predicted octanol–water partition coefficient (Wildman–Crippen LogP) is 4.79. The fourth-order valence-electron chi connectivity index (χ4n) is 3.76. The lowest BCUT2D eigenvalue weighted by molar-refractivity contribution is -0.121. The third-order valence-electron chi connectivity index (χ3n) is 5.13. The largest absolute Gasteiger partial charge is 0.492 e. The van der Waals surface area contributed by atoms with Gasteiger partial charge in [-0.2, -0.15) is 0 Å². The minimum absolute atomic E-state index is 0.0500. The Balaban J connectivity index is 1.36. The average Bonchev–Trinajstić information content (AvgIpc) is 3.30. The highest BCUT2D eigenvalue weighted by Crippen LogP contribution is 2.34. The summed E-state index contributed by atoms with van der Waals surface area (Å²) >= 11 is 1.45. The lowest BCUT2D eigenvalue weighted by Gasteiger charge is -2.24. The van der Waals surface area contributed by atoms with Gasteiger partial charge in [0.2, 0.25) is 5.91 Å². The van der Waals surface area contributed by atoms with Crippen LogP contribution in [0.1, 0.15) is 11.3 Å². The summed E-state index contributed by atoms with van der Waals surface area (Å²) in [5.41, 5.74) is 5.19. The van der Waals surface area contributed by atoms with Crippen molar-refractivity contribution >= 4 is 33.3 Å². The van der Waals surface area contributed by atoms with E-state index in [2.05, 4.69) is 27.4 Å². The van der Waals surface area contributed by atoms with Gasteiger partial charge in [0.1, 0.15) is 12.4 Å². The van der Waals surface area contributed by atoms with E-state index in [-0.39, 0.29) is 11.8 Å². The quantitative estimate of drug-likeness (QED) is 0.529. The third-order valence-corrected chi connectivity index (χ3v) is 5.89. The van der Waals surface area contributed by atoms with Crippen molar-refractivity contribution in [2.45, 2.75) is 13.3 Å². The van der Waals surface area contributed by atoms with Gasteiger partial charge < -0.3 is 15.0 Å². The number of aromatic nitrogens is 2. The van der Waals surface area contributed by atoms with Crippen molar-refractivity contribution in [2.75, 3.05) is 11.9 Å². The van der Waals surface area contributed by atoms with Crippen molar-refractivity contribution < 1.29 is 9.53 Å². The summed E-state index contributed by atoms with van der Waals surface area (Å²) in [4.78, 5) is 20.8. The number of hydrogen-bond acceptors (Lipinski definition) is 4. The molecule has 0 saturated heterocycles. The molecule has 1 aliphatic heterocycles. The molecule has 6 heteroatoms. The van der Waals surface area contributed by atoms with Crippen molar-refractivity contribution in [2.24, 2.45) is 5.92 Å². The van der Waals surface area contributed by atoms with Crippen LogP contribution in [0.5, 0.6) is 5.75 Å². The highest BCUT2D eigenvalue weighted by molar-refractivity contribution is 7.14. The van der Waals surface area contributed by atoms with E-state index in [0.29, 0.717) is 18.2 Å². The van der Waals surface area contributed by atoms with E-state index in [1.807, 2.05) is 48.7 Å². The van der Waals surface area contributed by atoms with Crippen molar-refractivity contribution in [3.8, 4) is 17.0 Å². The second-order valence-electron chi connectivity index (χ2n) is 7.02. The number of anilines is 1. The molecule has 28 heavy (non-hydrogen) atoms. The third kappa shape index (κ3) is 2.96. The molecule has 3 heterocycles. The van der Waals surface area contributed by atoms with Gasteiger partial charge in [-0.1, -0.05) is 36.4 Å². The summed E-state index contributed by atoms with van der Waals surface area (Å²) in [6, 6.07) is 16.1. The number of nitrogens with zero attached hydrogens (tertiary/aromatic N) is 1. The number of rotatable bonds is 3. The van der Waals surface area contributed by atoms with Crippen molar-refractivity contribution in [3.05, 3.63) is 65.2 Å². The van der Waals surface area contributed by atoms with Gasteiger partial charge in [0.25, 0.3) is 0 Å². The van der Waals surface area contributed by atoms with Crippen LogP contribution in [0, 0.1) is 12.8 Å². The van der Waals surface area contributed by atoms with Gasteiger partial charge in [-0.05, 0) is 31.0 Å². The molecule has 0 bridgehead atoms. The summed E-state index contributed by atoms with van der Waals surface area (Å²) in [6.07, 6.45) is 0.682. The number of thiazole rings is 1. The molecule has 0 saturated carbocycles. The van der Waals surface area contributed by atoms with E-state index in [1.54, 1.807) is 0 Å². The monoisotopic (exact) mass is 389 g/mol. The Kier molecular flexibility index (Phi) is 4.13. The normalized spacial score (nSPS) is 15.8. The summed E-state index contributed by atoms with van der Waals surface area (Å²) < 4.78 is 5.74. The van der Waals surface area contributed by atoms with Gasteiger partial charge in [0.05, 0.1) is 11.6 Å². The molecule has 1 atom stereocenters. The zero-order chi connectivity index (χ0) is 19.1. The lowest BCUT2D eigenvalue weighted by atomic mass is 9.96. The van der Waals surface area contributed by atoms with Gasteiger partial charge in [-0.3, -0.25) is 4.79 Å². The standard InChI is InChI=1S/C22H19N3O2S/c1-13-20(16-7-3-4-8-17(16)23-13)18-12-28-22(24-18)25-21(26)15-10-14-6-2-5-9-19(14)27-11-15/h2-9,12,15,23H,10-11H2,1H3,(H,24,25,26). The van der Waals surface area contributed by atoms with Gasteiger partial charge in [-0.25, -0.2) is 4.98 Å². The fraction of sp³-hybridized carbons (Fsp3) is 0.182. The summed E-state index contributed by atoms with van der Waals surface area (Å²) in [6.45, 7) is 2.44. The van der Waals surface area contributed by atoms with Crippen LogP contribution in [-0.4, -0.2) is 22.5 Å². The maximum atomic E-state index is 12.7. The molecule has 0 spiro atoms. The van der Waals surface area contributed by atoms with E-state index in [0.717, 1.165) is 39.2 Å². The van der Waals surface area contributed by atoms with Crippen LogP contribution in [0.3, 0.4) is 0 Å². The Morgan fingerprint density at radius 2 is 2.04 bits per heavy atom. The Labute approximate surface area is 166 Å². The van der Waals surface area contributed by atoms with Crippen LogP contribution in [0.4, 0.5) is 5.13 Å². The number of aryl methyl sites for hydroxylation is 1. The molecule has 5 nitrogen and oxygen atoms in total. The Morgan fingerprint density at radius 1 is 1.21 bits per heavy atom. The number of carbonyl (C=O) groups is 1. The fourth-order valence-corrected chi connectivity index (χ4v) is 4.46. The van der Waals surface area contributed by atoms with E-state index >= 15 is 0 Å². The SMILES string of the molecule is Cc1[nH]c2ccccc2c1-c1csc(NC(=O)C2COc3ccccc3C2)n1. The first-order valence-electron chi connectivity index (χ1n) is 9.24. The van der Waals surface area contributed by atoms with Crippen molar-refractivity contribution in [1.29, 1.82) is 0 Å². The van der Waals surface area contributed by atoms with Crippen molar-refractivity contribution in [3.63, 3.8) is 0 Å². The first kappa shape index (κ1) is 17.0. The number of aromatic amines is 1. The van der Waals surface area contributed by atoms with Crippen LogP contribution >= 0.6 is 11.3 Å². The topological polar surface area (TPSA) is 67.0 Å². The Bertz CT molecular complexity index is 1180. The molecule has 2 N–H and O–H groups in total. The van der Waals surface area contributed by atoms with Crippen molar-refractivity contribution in [1.82, 2.24) is 9.97 Å². The molecule has 2 aromatic carbocycles. The number of nitrogens with one attached hydrogen (secondary N) is 2. The van der Waals surface area contributed by atoms with Crippen LogP contribution in [0.25, 0.3) is 22.2 Å². The van der Waals surface area contributed by atoms with Crippen LogP contribution in [0.15, 0.2) is 53.9 Å². The molecule has 5 rings (SSSR count). The highest BCUT2D eigenvalue weighted by Gasteiger charge is 2.26. The number of H-pyrrole nitrogens is 1. The predicted molar refractivity (Wildman–Crippen MR) is 112 cm³/mol. The molecular weight excluding hydrogens is 370 g/mol. The van der Waals surface area contributed by atoms with Gasteiger partial charge in [0, 0.05) is 27.5 Å². The van der Waals surface area contributed by atoms with Crippen LogP contribution in [-0.2, 0) is 11.2 Å². The molecule has 0 aliphatic carbocycles. The second-order valence-corrected chi connectivity index (χ2v) is 7.88. The van der Waals surface area contributed by atoms with Gasteiger partial charge >= 0.3 is 0 Å². The van der Waals surface area contributed by atoms with Gasteiger partial charge in [-0.15, -0.1) is 11.3 Å². The molecule has 0 fully saturated rings. The number of amides is 1. The Morgan fingerprint density at radius 3 is 2.96 bits per heavy atom. The number of ether oxygens (including phenoxy) is 1. The van der Waals surface area contributed by atoms with E-state index < -0.39 is 0 Å². The minimum atomic E-state index is -0.211. The second kappa shape index (κ2) is 6.80. The number of benzene rings is 2. The molecule has 4 aromatic rings. The number of para-hydroxylation sites is 2. The number of hydrogen-bond donors (Lipinski definition) is 2. The summed E-state index contributed by atoms with van der Waals surface area (Å²) in [5, 5.41) is 6.72. The first-order valence-corrected chi connectivity index (χ1v) is 10.1. The van der Waals surface area contributed by atoms with Crippen LogP contribution in [0.2, 0.25) is 0 Å². The first-order chi connectivity index (χ1) is 13.7. The molecule has 2 aromatic heterocycles.